The fourth-order valence-corrected chi connectivity index (χ4v) is 1.69. The van der Waals surface area contributed by atoms with E-state index in [0.29, 0.717) is 13.0 Å². The first-order chi connectivity index (χ1) is 8.92. The van der Waals surface area contributed by atoms with Crippen LogP contribution < -0.4 is 11.2 Å². The van der Waals surface area contributed by atoms with E-state index < -0.39 is 21.9 Å². The molecule has 19 heavy (non-hydrogen) atoms. The minimum absolute atomic E-state index is 0.0421. The molecular formula is C11H17N3O5. The van der Waals surface area contributed by atoms with Gasteiger partial charge < -0.3 is 5.11 Å². The lowest BCUT2D eigenvalue weighted by atomic mass is 10.2. The van der Waals surface area contributed by atoms with E-state index in [1.165, 1.54) is 0 Å². The molecule has 8 nitrogen and oxygen atoms in total. The van der Waals surface area contributed by atoms with Crippen molar-refractivity contribution in [1.29, 1.82) is 0 Å². The molecule has 0 aliphatic heterocycles. The maximum atomic E-state index is 12.0. The van der Waals surface area contributed by atoms with Gasteiger partial charge in [0.1, 0.15) is 0 Å². The van der Waals surface area contributed by atoms with Crippen LogP contribution in [-0.2, 0) is 13.1 Å². The van der Waals surface area contributed by atoms with Gasteiger partial charge in [0.15, 0.2) is 0 Å². The topological polar surface area (TPSA) is 107 Å². The number of hydrogen-bond acceptors (Lipinski definition) is 5. The number of nitro groups is 1. The summed E-state index contributed by atoms with van der Waals surface area (Å²) >= 11 is 0. The molecule has 1 N–H and O–H groups in total. The highest BCUT2D eigenvalue weighted by Gasteiger charge is 2.20. The van der Waals surface area contributed by atoms with Crippen LogP contribution in [0.1, 0.15) is 20.3 Å². The van der Waals surface area contributed by atoms with Crippen LogP contribution in [0.2, 0.25) is 0 Å². The van der Waals surface area contributed by atoms with Crippen LogP contribution in [0.25, 0.3) is 0 Å². The Hall–Kier alpha value is -1.96. The van der Waals surface area contributed by atoms with Gasteiger partial charge in [0, 0.05) is 19.7 Å². The first-order valence-corrected chi connectivity index (χ1v) is 6.01. The van der Waals surface area contributed by atoms with Crippen LogP contribution in [0, 0.1) is 16.0 Å². The van der Waals surface area contributed by atoms with E-state index in [-0.39, 0.29) is 19.1 Å². The number of aryl methyl sites for hydroxylation is 1. The van der Waals surface area contributed by atoms with Gasteiger partial charge in [0.25, 0.3) is 0 Å². The Morgan fingerprint density at radius 1 is 1.47 bits per heavy atom. The molecule has 8 heteroatoms. The van der Waals surface area contributed by atoms with Crippen LogP contribution in [0.5, 0.6) is 0 Å². The minimum atomic E-state index is -0.928. The Labute approximate surface area is 109 Å². The Kier molecular flexibility index (Phi) is 4.99. The molecule has 0 radical (unpaired) electrons. The molecule has 1 rings (SSSR count). The number of aromatic nitrogens is 2. The summed E-state index contributed by atoms with van der Waals surface area (Å²) in [6.07, 6.45) is 1.60. The fourth-order valence-electron chi connectivity index (χ4n) is 1.69. The summed E-state index contributed by atoms with van der Waals surface area (Å²) in [6.45, 7) is 3.52. The molecule has 0 spiro atoms. The molecule has 1 aromatic heterocycles. The van der Waals surface area contributed by atoms with E-state index in [0.717, 1.165) is 15.3 Å². The summed E-state index contributed by atoms with van der Waals surface area (Å²) in [5, 5.41) is 19.8. The monoisotopic (exact) mass is 271 g/mol. The molecular weight excluding hydrogens is 254 g/mol. The molecule has 0 amide bonds. The SMILES string of the molecule is CCCn1cc([N+](=O)[O-])c(=O)n(CC(C)CO)c1=O. The van der Waals surface area contributed by atoms with Crippen LogP contribution in [0.4, 0.5) is 5.69 Å². The van der Waals surface area contributed by atoms with E-state index in [1.807, 2.05) is 6.92 Å². The van der Waals surface area contributed by atoms with Gasteiger partial charge in [-0.2, -0.15) is 0 Å². The van der Waals surface area contributed by atoms with Crippen molar-refractivity contribution in [3.8, 4) is 0 Å². The van der Waals surface area contributed by atoms with Crippen molar-refractivity contribution >= 4 is 5.69 Å². The maximum Gasteiger partial charge on any atom is 0.350 e. The standard InChI is InChI=1S/C11H17N3O5/c1-3-4-12-6-9(14(18)19)10(16)13(11(12)17)5-8(2)7-15/h6,8,15H,3-5,7H2,1-2H3. The van der Waals surface area contributed by atoms with Crippen molar-refractivity contribution in [2.24, 2.45) is 5.92 Å². The molecule has 0 saturated heterocycles. The van der Waals surface area contributed by atoms with Gasteiger partial charge in [-0.05, 0) is 12.3 Å². The second-order valence-corrected chi connectivity index (χ2v) is 4.45. The molecule has 0 bridgehead atoms. The van der Waals surface area contributed by atoms with Gasteiger partial charge in [-0.15, -0.1) is 0 Å². The summed E-state index contributed by atoms with van der Waals surface area (Å²) in [5.41, 5.74) is -2.14. The molecule has 0 aliphatic rings. The van der Waals surface area contributed by atoms with Gasteiger partial charge in [-0.25, -0.2) is 4.79 Å². The van der Waals surface area contributed by atoms with Gasteiger partial charge in [0.05, 0.1) is 11.1 Å². The normalized spacial score (nSPS) is 12.4. The number of nitrogens with zero attached hydrogens (tertiary/aromatic N) is 3. The molecule has 1 aromatic rings. The van der Waals surface area contributed by atoms with E-state index >= 15 is 0 Å². The highest BCUT2D eigenvalue weighted by Crippen LogP contribution is 2.03. The lowest BCUT2D eigenvalue weighted by Crippen LogP contribution is -2.42. The average Bonchev–Trinajstić information content (AvgIpc) is 2.37. The van der Waals surface area contributed by atoms with Gasteiger partial charge in [-0.3, -0.25) is 24.0 Å². The van der Waals surface area contributed by atoms with Crippen molar-refractivity contribution in [2.75, 3.05) is 6.61 Å². The summed E-state index contributed by atoms with van der Waals surface area (Å²) in [4.78, 5) is 33.9. The molecule has 1 heterocycles. The number of aliphatic hydroxyl groups is 1. The number of aliphatic hydroxyl groups excluding tert-OH is 1. The zero-order chi connectivity index (χ0) is 14.6. The predicted molar refractivity (Wildman–Crippen MR) is 68.2 cm³/mol. The van der Waals surface area contributed by atoms with E-state index in [2.05, 4.69) is 0 Å². The van der Waals surface area contributed by atoms with Gasteiger partial charge >= 0.3 is 16.9 Å². The third-order valence-corrected chi connectivity index (χ3v) is 2.69. The lowest BCUT2D eigenvalue weighted by molar-refractivity contribution is -0.387. The maximum absolute atomic E-state index is 12.0. The average molecular weight is 271 g/mol. The van der Waals surface area contributed by atoms with Crippen LogP contribution >= 0.6 is 0 Å². The molecule has 106 valence electrons. The van der Waals surface area contributed by atoms with Crippen LogP contribution in [0.3, 0.4) is 0 Å². The van der Waals surface area contributed by atoms with Crippen molar-refractivity contribution in [3.63, 3.8) is 0 Å². The quantitative estimate of drug-likeness (QED) is 0.577. The van der Waals surface area contributed by atoms with Crippen molar-refractivity contribution in [3.05, 3.63) is 37.1 Å². The zero-order valence-corrected chi connectivity index (χ0v) is 10.9. The Balaban J connectivity index is 3.45. The summed E-state index contributed by atoms with van der Waals surface area (Å²) < 4.78 is 1.97. The van der Waals surface area contributed by atoms with E-state index in [4.69, 9.17) is 5.11 Å². The second-order valence-electron chi connectivity index (χ2n) is 4.45. The molecule has 0 saturated carbocycles. The smallest absolute Gasteiger partial charge is 0.350 e. The van der Waals surface area contributed by atoms with Crippen molar-refractivity contribution in [2.45, 2.75) is 33.4 Å². The minimum Gasteiger partial charge on any atom is -0.396 e. The Morgan fingerprint density at radius 3 is 2.58 bits per heavy atom. The lowest BCUT2D eigenvalue weighted by Gasteiger charge is -2.12. The van der Waals surface area contributed by atoms with E-state index in [1.54, 1.807) is 6.92 Å². The number of rotatable bonds is 6. The largest absolute Gasteiger partial charge is 0.396 e. The van der Waals surface area contributed by atoms with Crippen LogP contribution in [0.15, 0.2) is 15.8 Å². The number of hydrogen-bond donors (Lipinski definition) is 1. The highest BCUT2D eigenvalue weighted by molar-refractivity contribution is 5.21. The van der Waals surface area contributed by atoms with E-state index in [9.17, 15) is 19.7 Å². The third-order valence-electron chi connectivity index (χ3n) is 2.69. The summed E-state index contributed by atoms with van der Waals surface area (Å²) in [7, 11) is 0. The molecule has 1 atom stereocenters. The van der Waals surface area contributed by atoms with Gasteiger partial charge in [0.2, 0.25) is 0 Å². The molecule has 0 fully saturated rings. The summed E-state index contributed by atoms with van der Waals surface area (Å²) in [6, 6.07) is 0. The Bertz CT molecular complexity index is 575. The highest BCUT2D eigenvalue weighted by atomic mass is 16.6. The summed E-state index contributed by atoms with van der Waals surface area (Å²) in [5.74, 6) is -0.331. The Morgan fingerprint density at radius 2 is 2.11 bits per heavy atom. The first kappa shape index (κ1) is 15.1. The first-order valence-electron chi connectivity index (χ1n) is 6.01. The van der Waals surface area contributed by atoms with Gasteiger partial charge in [-0.1, -0.05) is 13.8 Å². The molecule has 1 unspecified atom stereocenters. The predicted octanol–water partition coefficient (Wildman–Crippen LogP) is -0.0434. The van der Waals surface area contributed by atoms with Crippen molar-refractivity contribution < 1.29 is 10.0 Å². The zero-order valence-electron chi connectivity index (χ0n) is 10.9. The third kappa shape index (κ3) is 3.28. The van der Waals surface area contributed by atoms with Crippen LogP contribution in [-0.4, -0.2) is 25.8 Å². The van der Waals surface area contributed by atoms with Crippen molar-refractivity contribution in [1.82, 2.24) is 9.13 Å². The molecule has 0 aliphatic carbocycles. The second kappa shape index (κ2) is 6.28. The molecule has 0 aromatic carbocycles. The fraction of sp³-hybridized carbons (Fsp3) is 0.636.